The molecule has 1 rings (SSSR count). The molecule has 88 valence electrons. The lowest BCUT2D eigenvalue weighted by molar-refractivity contribution is 0.198. The van der Waals surface area contributed by atoms with Gasteiger partial charge in [0.25, 0.3) is 5.17 Å². The Morgan fingerprint density at radius 1 is 1.67 bits per heavy atom. The third-order valence-corrected chi connectivity index (χ3v) is 4.42. The number of rotatable bonds is 3. The van der Waals surface area contributed by atoms with E-state index in [1.54, 1.807) is 0 Å². The summed E-state index contributed by atoms with van der Waals surface area (Å²) in [7, 11) is -2.85. The van der Waals surface area contributed by atoms with Gasteiger partial charge in [0.05, 0.1) is 17.6 Å². The molecular weight excluding hydrogens is 234 g/mol. The largest absolute Gasteiger partial charge is 0.468 e. The lowest BCUT2D eigenvalue weighted by atomic mass is 10.3. The van der Waals surface area contributed by atoms with Crippen LogP contribution in [0.25, 0.3) is 0 Å². The van der Waals surface area contributed by atoms with E-state index in [2.05, 4.69) is 5.32 Å². The van der Waals surface area contributed by atoms with Gasteiger partial charge >= 0.3 is 0 Å². The van der Waals surface area contributed by atoms with Gasteiger partial charge in [0.2, 0.25) is 0 Å². The minimum absolute atomic E-state index is 0.0722. The van der Waals surface area contributed by atoms with Crippen LogP contribution in [0.5, 0.6) is 0 Å². The highest BCUT2D eigenvalue weighted by atomic mass is 32.2. The second-order valence-corrected chi connectivity index (χ2v) is 6.47. The van der Waals surface area contributed by atoms with Crippen LogP contribution in [0.15, 0.2) is 0 Å². The lowest BCUT2D eigenvalue weighted by Gasteiger charge is -2.17. The van der Waals surface area contributed by atoms with Gasteiger partial charge in [-0.25, -0.2) is 8.42 Å². The molecule has 0 bridgehead atoms. The van der Waals surface area contributed by atoms with Crippen molar-refractivity contribution in [2.24, 2.45) is 0 Å². The second-order valence-electron chi connectivity index (χ2n) is 3.87. The van der Waals surface area contributed by atoms with E-state index in [0.717, 1.165) is 6.42 Å². The van der Waals surface area contributed by atoms with Crippen molar-refractivity contribution in [1.82, 2.24) is 5.32 Å². The van der Waals surface area contributed by atoms with Crippen LogP contribution in [-0.4, -0.2) is 37.2 Å². The lowest BCUT2D eigenvalue weighted by Crippen LogP contribution is -2.37. The van der Waals surface area contributed by atoms with Crippen LogP contribution in [0.4, 0.5) is 0 Å². The van der Waals surface area contributed by atoms with Crippen LogP contribution in [0.2, 0.25) is 0 Å². The normalized spacial score (nSPS) is 25.9. The van der Waals surface area contributed by atoms with E-state index >= 15 is 0 Å². The molecule has 2 atom stereocenters. The SMILES string of the molecule is CC[C@H](C)OC(=S)N[C@H]1CCS(=O)(=O)C1. The first-order chi connectivity index (χ1) is 6.93. The summed E-state index contributed by atoms with van der Waals surface area (Å²) >= 11 is 4.98. The van der Waals surface area contributed by atoms with Gasteiger partial charge in [-0.2, -0.15) is 0 Å². The maximum absolute atomic E-state index is 11.2. The quantitative estimate of drug-likeness (QED) is 0.754. The summed E-state index contributed by atoms with van der Waals surface area (Å²) in [6.45, 7) is 3.94. The Labute approximate surface area is 96.3 Å². The van der Waals surface area contributed by atoms with Gasteiger partial charge in [0.1, 0.15) is 0 Å². The van der Waals surface area contributed by atoms with Crippen molar-refractivity contribution in [3.63, 3.8) is 0 Å². The Kier molecular flexibility index (Phi) is 4.33. The molecule has 0 unspecified atom stereocenters. The first-order valence-corrected chi connectivity index (χ1v) is 7.33. The number of hydrogen-bond acceptors (Lipinski definition) is 4. The van der Waals surface area contributed by atoms with E-state index in [1.165, 1.54) is 0 Å². The molecule has 1 saturated heterocycles. The summed E-state index contributed by atoms with van der Waals surface area (Å²) in [6.07, 6.45) is 1.57. The number of ether oxygens (including phenoxy) is 1. The van der Waals surface area contributed by atoms with Crippen LogP contribution >= 0.6 is 12.2 Å². The van der Waals surface area contributed by atoms with Gasteiger partial charge in [0.15, 0.2) is 9.84 Å². The molecule has 0 saturated carbocycles. The Balaban J connectivity index is 2.34. The fourth-order valence-electron chi connectivity index (χ4n) is 1.38. The third-order valence-electron chi connectivity index (χ3n) is 2.44. The Morgan fingerprint density at radius 3 is 2.80 bits per heavy atom. The predicted octanol–water partition coefficient (Wildman–Crippen LogP) is 0.863. The van der Waals surface area contributed by atoms with Crippen LogP contribution in [0.3, 0.4) is 0 Å². The van der Waals surface area contributed by atoms with Gasteiger partial charge in [-0.1, -0.05) is 6.92 Å². The zero-order valence-electron chi connectivity index (χ0n) is 9.02. The van der Waals surface area contributed by atoms with Crippen molar-refractivity contribution in [2.75, 3.05) is 11.5 Å². The van der Waals surface area contributed by atoms with Crippen LogP contribution in [0.1, 0.15) is 26.7 Å². The van der Waals surface area contributed by atoms with Crippen molar-refractivity contribution < 1.29 is 13.2 Å². The zero-order chi connectivity index (χ0) is 11.5. The highest BCUT2D eigenvalue weighted by Gasteiger charge is 2.28. The minimum atomic E-state index is -2.85. The van der Waals surface area contributed by atoms with Crippen LogP contribution < -0.4 is 5.32 Å². The fraction of sp³-hybridized carbons (Fsp3) is 0.889. The summed E-state index contributed by atoms with van der Waals surface area (Å²) in [4.78, 5) is 0. The van der Waals surface area contributed by atoms with Crippen LogP contribution in [0, 0.1) is 0 Å². The van der Waals surface area contributed by atoms with Crippen molar-refractivity contribution in [3.8, 4) is 0 Å². The average molecular weight is 251 g/mol. The predicted molar refractivity (Wildman–Crippen MR) is 63.6 cm³/mol. The highest BCUT2D eigenvalue weighted by Crippen LogP contribution is 2.11. The van der Waals surface area contributed by atoms with Crippen LogP contribution in [-0.2, 0) is 14.6 Å². The molecule has 1 aliphatic rings. The van der Waals surface area contributed by atoms with Gasteiger partial charge in [-0.15, -0.1) is 0 Å². The summed E-state index contributed by atoms with van der Waals surface area (Å²) in [5.41, 5.74) is 0. The maximum Gasteiger partial charge on any atom is 0.257 e. The molecule has 1 N–H and O–H groups in total. The molecular formula is C9H17NO3S2. The highest BCUT2D eigenvalue weighted by molar-refractivity contribution is 7.91. The zero-order valence-corrected chi connectivity index (χ0v) is 10.7. The van der Waals surface area contributed by atoms with Gasteiger partial charge in [-0.05, 0) is 32.0 Å². The number of thiocarbonyl (C=S) groups is 1. The topological polar surface area (TPSA) is 55.4 Å². The van der Waals surface area contributed by atoms with Crippen molar-refractivity contribution in [2.45, 2.75) is 38.8 Å². The Morgan fingerprint density at radius 2 is 2.33 bits per heavy atom. The third kappa shape index (κ3) is 4.34. The van der Waals surface area contributed by atoms with Gasteiger partial charge in [-0.3, -0.25) is 0 Å². The fourth-order valence-corrected chi connectivity index (χ4v) is 3.38. The molecule has 1 fully saturated rings. The molecule has 0 aromatic carbocycles. The number of hydrogen-bond donors (Lipinski definition) is 1. The summed E-state index contributed by atoms with van der Waals surface area (Å²) in [5.74, 6) is 0.410. The first kappa shape index (κ1) is 12.7. The molecule has 0 aliphatic carbocycles. The summed E-state index contributed by atoms with van der Waals surface area (Å²) in [5, 5.41) is 3.24. The van der Waals surface area contributed by atoms with E-state index in [1.807, 2.05) is 13.8 Å². The molecule has 0 radical (unpaired) electrons. The van der Waals surface area contributed by atoms with E-state index in [9.17, 15) is 8.42 Å². The second kappa shape index (κ2) is 5.12. The molecule has 0 aromatic rings. The number of sulfone groups is 1. The smallest absolute Gasteiger partial charge is 0.257 e. The average Bonchev–Trinajstić information content (AvgIpc) is 2.44. The molecule has 0 amide bonds. The van der Waals surface area contributed by atoms with Gasteiger partial charge < -0.3 is 10.1 Å². The Bertz CT molecular complexity index is 326. The minimum Gasteiger partial charge on any atom is -0.468 e. The van der Waals surface area contributed by atoms with E-state index in [4.69, 9.17) is 17.0 Å². The van der Waals surface area contributed by atoms with E-state index < -0.39 is 9.84 Å². The van der Waals surface area contributed by atoms with Crippen molar-refractivity contribution >= 4 is 27.2 Å². The Hall–Kier alpha value is -0.360. The first-order valence-electron chi connectivity index (χ1n) is 5.10. The molecule has 4 nitrogen and oxygen atoms in total. The molecule has 1 aliphatic heterocycles. The molecule has 6 heteroatoms. The summed E-state index contributed by atoms with van der Waals surface area (Å²) < 4.78 is 27.7. The summed E-state index contributed by atoms with van der Waals surface area (Å²) in [6, 6.07) is -0.0773. The molecule has 0 spiro atoms. The number of nitrogens with one attached hydrogen (secondary N) is 1. The molecule has 1 heterocycles. The molecule has 15 heavy (non-hydrogen) atoms. The molecule has 0 aromatic heterocycles. The maximum atomic E-state index is 11.2. The monoisotopic (exact) mass is 251 g/mol. The van der Waals surface area contributed by atoms with Gasteiger partial charge in [0, 0.05) is 6.04 Å². The van der Waals surface area contributed by atoms with Crippen molar-refractivity contribution in [3.05, 3.63) is 0 Å². The van der Waals surface area contributed by atoms with E-state index in [0.29, 0.717) is 11.6 Å². The van der Waals surface area contributed by atoms with Crippen molar-refractivity contribution in [1.29, 1.82) is 0 Å². The standard InChI is InChI=1S/C9H17NO3S2/c1-3-7(2)13-9(14)10-8-4-5-15(11,12)6-8/h7-8H,3-6H2,1-2H3,(H,10,14)/t7-,8-/m0/s1. The van der Waals surface area contributed by atoms with E-state index in [-0.39, 0.29) is 23.7 Å².